The molecular weight excluding hydrogens is 576 g/mol. The van der Waals surface area contributed by atoms with Crippen LogP contribution in [0.1, 0.15) is 5.56 Å². The first-order valence-corrected chi connectivity index (χ1v) is 15.6. The van der Waals surface area contributed by atoms with Crippen molar-refractivity contribution in [2.75, 3.05) is 0 Å². The average molecular weight is 601 g/mol. The maximum Gasteiger partial charge on any atom is 0.136 e. The first-order chi connectivity index (χ1) is 23.3. The number of nitrogens with zero attached hydrogens (tertiary/aromatic N) is 4. The summed E-state index contributed by atoms with van der Waals surface area (Å²) < 4.78 is 10.8. The SMILES string of the molecule is N#Cc1cc(-c2cccc(-n3c4cnccc4c4c5c(ccc43)oc3ccccc35)c2)cc(-n2c3ccccc3c3ccccc32)c1. The van der Waals surface area contributed by atoms with Gasteiger partial charge in [0.05, 0.1) is 39.9 Å². The molecule has 0 aliphatic carbocycles. The smallest absolute Gasteiger partial charge is 0.136 e. The summed E-state index contributed by atoms with van der Waals surface area (Å²) in [4.78, 5) is 4.53. The minimum atomic E-state index is 0.611. The molecule has 0 aliphatic rings. The van der Waals surface area contributed by atoms with Crippen molar-refractivity contribution in [3.8, 4) is 28.6 Å². The van der Waals surface area contributed by atoms with E-state index in [0.717, 1.165) is 77.3 Å². The van der Waals surface area contributed by atoms with Crippen LogP contribution in [0.4, 0.5) is 0 Å². The van der Waals surface area contributed by atoms with Gasteiger partial charge < -0.3 is 13.6 Å². The van der Waals surface area contributed by atoms with E-state index in [2.05, 4.69) is 129 Å². The van der Waals surface area contributed by atoms with Crippen molar-refractivity contribution in [3.05, 3.63) is 151 Å². The molecule has 0 saturated carbocycles. The zero-order chi connectivity index (χ0) is 31.1. The van der Waals surface area contributed by atoms with E-state index in [1.807, 2.05) is 36.7 Å². The highest BCUT2D eigenvalue weighted by Crippen LogP contribution is 2.41. The van der Waals surface area contributed by atoms with Gasteiger partial charge in [-0.15, -0.1) is 0 Å². The number of fused-ring (bicyclic) bond motifs is 10. The predicted octanol–water partition coefficient (Wildman–Crippen LogP) is 10.7. The van der Waals surface area contributed by atoms with Crippen LogP contribution in [0.3, 0.4) is 0 Å². The third-order valence-electron chi connectivity index (χ3n) is 9.40. The highest BCUT2D eigenvalue weighted by atomic mass is 16.3. The van der Waals surface area contributed by atoms with Crippen molar-refractivity contribution in [1.29, 1.82) is 5.26 Å². The van der Waals surface area contributed by atoms with Crippen LogP contribution in [0.2, 0.25) is 0 Å². The van der Waals surface area contributed by atoms with Crippen LogP contribution in [-0.4, -0.2) is 14.1 Å². The van der Waals surface area contributed by atoms with Crippen molar-refractivity contribution >= 4 is 65.6 Å². The predicted molar refractivity (Wildman–Crippen MR) is 190 cm³/mol. The molecule has 5 heteroatoms. The lowest BCUT2D eigenvalue weighted by atomic mass is 10.0. The van der Waals surface area contributed by atoms with Gasteiger partial charge in [0.1, 0.15) is 11.2 Å². The van der Waals surface area contributed by atoms with Gasteiger partial charge in [-0.05, 0) is 77.9 Å². The molecule has 6 aromatic carbocycles. The van der Waals surface area contributed by atoms with Crippen LogP contribution in [0.5, 0.6) is 0 Å². The normalized spacial score (nSPS) is 11.8. The van der Waals surface area contributed by atoms with E-state index < -0.39 is 0 Å². The number of nitriles is 1. The Morgan fingerprint density at radius 3 is 2.04 bits per heavy atom. The third kappa shape index (κ3) is 3.67. The molecule has 47 heavy (non-hydrogen) atoms. The molecule has 10 rings (SSSR count). The van der Waals surface area contributed by atoms with Crippen molar-refractivity contribution in [2.24, 2.45) is 0 Å². The van der Waals surface area contributed by atoms with Gasteiger partial charge in [0.25, 0.3) is 0 Å². The maximum atomic E-state index is 10.2. The van der Waals surface area contributed by atoms with Gasteiger partial charge in [0, 0.05) is 49.9 Å². The lowest BCUT2D eigenvalue weighted by Gasteiger charge is -2.13. The Labute approximate surface area is 268 Å². The van der Waals surface area contributed by atoms with Crippen LogP contribution in [0.15, 0.2) is 150 Å². The summed E-state index contributed by atoms with van der Waals surface area (Å²) in [6.07, 6.45) is 3.79. The quantitative estimate of drug-likeness (QED) is 0.203. The topological polar surface area (TPSA) is 59.7 Å². The molecule has 4 heterocycles. The Morgan fingerprint density at radius 1 is 0.511 bits per heavy atom. The molecule has 0 spiro atoms. The van der Waals surface area contributed by atoms with Gasteiger partial charge in [-0.1, -0.05) is 66.7 Å². The summed E-state index contributed by atoms with van der Waals surface area (Å²) in [6.45, 7) is 0. The Hall–Kier alpha value is -6.64. The second-order valence-electron chi connectivity index (χ2n) is 12.0. The summed E-state index contributed by atoms with van der Waals surface area (Å²) in [5.41, 5.74) is 10.7. The number of rotatable bonds is 3. The molecule has 5 nitrogen and oxygen atoms in total. The van der Waals surface area contributed by atoms with Crippen molar-refractivity contribution in [1.82, 2.24) is 14.1 Å². The maximum absolute atomic E-state index is 10.2. The summed E-state index contributed by atoms with van der Waals surface area (Å²) in [5.74, 6) is 0. The second-order valence-corrected chi connectivity index (χ2v) is 12.0. The molecule has 4 aromatic heterocycles. The number of aromatic nitrogens is 3. The first kappa shape index (κ1) is 25.7. The number of para-hydroxylation sites is 3. The van der Waals surface area contributed by atoms with E-state index in [-0.39, 0.29) is 0 Å². The van der Waals surface area contributed by atoms with E-state index in [1.54, 1.807) is 0 Å². The third-order valence-corrected chi connectivity index (χ3v) is 9.40. The molecular formula is C42H24N4O. The molecule has 0 amide bonds. The molecule has 0 fully saturated rings. The number of pyridine rings is 1. The molecule has 218 valence electrons. The Bertz CT molecular complexity index is 2880. The lowest BCUT2D eigenvalue weighted by Crippen LogP contribution is -1.97. The van der Waals surface area contributed by atoms with Gasteiger partial charge >= 0.3 is 0 Å². The molecule has 0 saturated heterocycles. The van der Waals surface area contributed by atoms with Gasteiger partial charge in [-0.3, -0.25) is 4.98 Å². The lowest BCUT2D eigenvalue weighted by molar-refractivity contribution is 0.669. The van der Waals surface area contributed by atoms with Gasteiger partial charge in [-0.25, -0.2) is 0 Å². The van der Waals surface area contributed by atoms with E-state index in [4.69, 9.17) is 4.42 Å². The number of furan rings is 1. The largest absolute Gasteiger partial charge is 0.456 e. The number of hydrogen-bond acceptors (Lipinski definition) is 3. The van der Waals surface area contributed by atoms with Crippen LogP contribution in [0.25, 0.3) is 88.1 Å². The highest BCUT2D eigenvalue weighted by molar-refractivity contribution is 6.27. The van der Waals surface area contributed by atoms with Crippen molar-refractivity contribution in [2.45, 2.75) is 0 Å². The molecule has 10 aromatic rings. The average Bonchev–Trinajstić information content (AvgIpc) is 3.79. The fourth-order valence-electron chi connectivity index (χ4n) is 7.45. The van der Waals surface area contributed by atoms with Gasteiger partial charge in [-0.2, -0.15) is 5.26 Å². The fourth-order valence-corrected chi connectivity index (χ4v) is 7.45. The van der Waals surface area contributed by atoms with Crippen LogP contribution in [0, 0.1) is 11.3 Å². The van der Waals surface area contributed by atoms with Crippen molar-refractivity contribution < 1.29 is 4.42 Å². The highest BCUT2D eigenvalue weighted by Gasteiger charge is 2.19. The first-order valence-electron chi connectivity index (χ1n) is 15.6. The van der Waals surface area contributed by atoms with Gasteiger partial charge in [0.2, 0.25) is 0 Å². The Morgan fingerprint density at radius 2 is 1.23 bits per heavy atom. The number of hydrogen-bond donors (Lipinski definition) is 0. The van der Waals surface area contributed by atoms with E-state index in [9.17, 15) is 5.26 Å². The number of benzene rings is 6. The minimum Gasteiger partial charge on any atom is -0.456 e. The standard InChI is InChI=1S/C42H24N4O/c43-24-26-20-28(23-30(21-26)46-35-13-4-1-10-31(35)32-11-2-5-14-36(32)46)27-8-7-9-29(22-27)45-37-16-17-40-42(34-12-3-6-15-39(34)47-40)41(37)33-18-19-44-25-38(33)45/h1-23,25H. The molecule has 0 aliphatic heterocycles. The molecule has 0 radical (unpaired) electrons. The minimum absolute atomic E-state index is 0.611. The summed E-state index contributed by atoms with van der Waals surface area (Å²) >= 11 is 0. The Balaban J connectivity index is 1.21. The second kappa shape index (κ2) is 9.68. The fraction of sp³-hybridized carbons (Fsp3) is 0. The van der Waals surface area contributed by atoms with Crippen LogP contribution < -0.4 is 0 Å². The molecule has 0 bridgehead atoms. The Kier molecular flexibility index (Phi) is 5.28. The molecule has 0 unspecified atom stereocenters. The van der Waals surface area contributed by atoms with E-state index >= 15 is 0 Å². The van der Waals surface area contributed by atoms with Crippen molar-refractivity contribution in [3.63, 3.8) is 0 Å². The van der Waals surface area contributed by atoms with Crippen LogP contribution >= 0.6 is 0 Å². The van der Waals surface area contributed by atoms with Crippen LogP contribution in [-0.2, 0) is 0 Å². The summed E-state index contributed by atoms with van der Waals surface area (Å²) in [7, 11) is 0. The van der Waals surface area contributed by atoms with E-state index in [0.29, 0.717) is 5.56 Å². The monoisotopic (exact) mass is 600 g/mol. The molecule has 0 N–H and O–H groups in total. The summed E-state index contributed by atoms with van der Waals surface area (Å²) in [5, 5.41) is 17.0. The zero-order valence-corrected chi connectivity index (χ0v) is 25.1. The van der Waals surface area contributed by atoms with Gasteiger partial charge in [0.15, 0.2) is 0 Å². The summed E-state index contributed by atoms with van der Waals surface area (Å²) in [6, 6.07) is 48.5. The van der Waals surface area contributed by atoms with E-state index in [1.165, 1.54) is 10.8 Å². The zero-order valence-electron chi connectivity index (χ0n) is 25.1. The molecule has 0 atom stereocenters.